The van der Waals surface area contributed by atoms with Crippen molar-refractivity contribution < 1.29 is 9.32 Å². The van der Waals surface area contributed by atoms with Crippen molar-refractivity contribution in [2.24, 2.45) is 0 Å². The highest BCUT2D eigenvalue weighted by Gasteiger charge is 2.04. The van der Waals surface area contributed by atoms with E-state index in [4.69, 9.17) is 0 Å². The first kappa shape index (κ1) is 8.86. The molecule has 0 saturated carbocycles. The lowest BCUT2D eigenvalue weighted by Gasteiger charge is -2.06. The number of rotatable bonds is 3. The van der Waals surface area contributed by atoms with E-state index in [1.54, 1.807) is 7.05 Å². The van der Waals surface area contributed by atoms with Gasteiger partial charge in [-0.05, 0) is 14.0 Å². The Morgan fingerprint density at radius 3 is 2.78 bits per heavy atom. The average Bonchev–Trinajstić information content (AvgIpc) is 1.87. The van der Waals surface area contributed by atoms with Gasteiger partial charge in [0.1, 0.15) is 0 Å². The molecule has 0 aromatic carbocycles. The normalized spacial score (nSPS) is 12.8. The van der Waals surface area contributed by atoms with E-state index in [2.05, 4.69) is 9.84 Å². The molecule has 2 atom stereocenters. The summed E-state index contributed by atoms with van der Waals surface area (Å²) in [4.78, 5) is 10.5. The molecule has 0 bridgehead atoms. The topological polar surface area (TPSA) is 38.3 Å². The van der Waals surface area contributed by atoms with Gasteiger partial charge in [0, 0.05) is 6.04 Å². The smallest absolute Gasteiger partial charge is 0.309 e. The summed E-state index contributed by atoms with van der Waals surface area (Å²) in [5.74, 6) is -0.207. The summed E-state index contributed by atoms with van der Waals surface area (Å²) < 4.78 is 4.36. The summed E-state index contributed by atoms with van der Waals surface area (Å²) in [6.45, 7) is 1.92. The van der Waals surface area contributed by atoms with Crippen LogP contribution in [0, 0.1) is 0 Å². The Balaban J connectivity index is 3.34. The van der Waals surface area contributed by atoms with E-state index in [1.807, 2.05) is 16.4 Å². The molecule has 0 aromatic heterocycles. The van der Waals surface area contributed by atoms with E-state index in [0.29, 0.717) is 6.42 Å². The van der Waals surface area contributed by atoms with E-state index < -0.39 is 0 Å². The van der Waals surface area contributed by atoms with Crippen LogP contribution in [0.15, 0.2) is 0 Å². The third-order valence-corrected chi connectivity index (χ3v) is 1.36. The first-order chi connectivity index (χ1) is 4.20. The largest absolute Gasteiger partial charge is 0.451 e. The van der Waals surface area contributed by atoms with Crippen LogP contribution < -0.4 is 5.32 Å². The van der Waals surface area contributed by atoms with Gasteiger partial charge >= 0.3 is 5.97 Å². The molecule has 0 aromatic rings. The first-order valence-electron chi connectivity index (χ1n) is 2.77. The fraction of sp³-hybridized carbons (Fsp3) is 0.800. The minimum Gasteiger partial charge on any atom is -0.451 e. The molecule has 2 unspecified atom stereocenters. The lowest BCUT2D eigenvalue weighted by Crippen LogP contribution is -2.24. The molecule has 0 rings (SSSR count). The lowest BCUT2D eigenvalue weighted by molar-refractivity contribution is -0.133. The zero-order valence-electron chi connectivity index (χ0n) is 5.68. The van der Waals surface area contributed by atoms with Gasteiger partial charge in [0.05, 0.1) is 15.9 Å². The number of carbonyl (C=O) groups is 1. The molecule has 9 heavy (non-hydrogen) atoms. The van der Waals surface area contributed by atoms with Crippen LogP contribution in [0.5, 0.6) is 0 Å². The second-order valence-electron chi connectivity index (χ2n) is 1.88. The first-order valence-corrected chi connectivity index (χ1v) is 3.24. The van der Waals surface area contributed by atoms with Crippen molar-refractivity contribution in [2.45, 2.75) is 19.4 Å². The summed E-state index contributed by atoms with van der Waals surface area (Å²) in [6.07, 6.45) is 0.417. The van der Waals surface area contributed by atoms with Crippen LogP contribution in [0.3, 0.4) is 0 Å². The van der Waals surface area contributed by atoms with Gasteiger partial charge in [-0.3, -0.25) is 4.79 Å². The maximum Gasteiger partial charge on any atom is 0.309 e. The fourth-order valence-corrected chi connectivity index (χ4v) is 0.496. The van der Waals surface area contributed by atoms with Gasteiger partial charge in [0.15, 0.2) is 0 Å². The lowest BCUT2D eigenvalue weighted by atomic mass is 10.2. The summed E-state index contributed by atoms with van der Waals surface area (Å²) in [7, 11) is 3.73. The number of carbonyl (C=O) groups excluding carboxylic acids is 1. The zero-order valence-corrected chi connectivity index (χ0v) is 6.83. The van der Waals surface area contributed by atoms with Crippen molar-refractivity contribution >= 4 is 15.4 Å². The van der Waals surface area contributed by atoms with E-state index >= 15 is 0 Å². The summed E-state index contributed by atoms with van der Waals surface area (Å²) >= 11 is 0. The molecule has 0 spiro atoms. The van der Waals surface area contributed by atoms with Gasteiger partial charge in [0.25, 0.3) is 0 Å². The minimum absolute atomic E-state index is 0.193. The molecule has 0 radical (unpaired) electrons. The molecule has 0 fully saturated rings. The molecule has 0 aliphatic heterocycles. The van der Waals surface area contributed by atoms with E-state index in [-0.39, 0.29) is 12.0 Å². The molecule has 0 amide bonds. The highest BCUT2D eigenvalue weighted by Crippen LogP contribution is 1.95. The van der Waals surface area contributed by atoms with Crippen molar-refractivity contribution in [2.75, 3.05) is 7.05 Å². The Kier molecular flexibility index (Phi) is 4.64. The predicted octanol–water partition coefficient (Wildman–Crippen LogP) is 0.318. The van der Waals surface area contributed by atoms with E-state index in [1.165, 1.54) is 0 Å². The van der Waals surface area contributed by atoms with Crippen LogP contribution >= 0.6 is 9.47 Å². The summed E-state index contributed by atoms with van der Waals surface area (Å²) in [5.41, 5.74) is 0. The van der Waals surface area contributed by atoms with Crippen LogP contribution in [0.4, 0.5) is 0 Å². The number of nitrogens with one attached hydrogen (secondary N) is 1. The number of hydrogen-bond acceptors (Lipinski definition) is 3. The quantitative estimate of drug-likeness (QED) is 0.587. The van der Waals surface area contributed by atoms with Crippen LogP contribution in [-0.4, -0.2) is 19.1 Å². The Morgan fingerprint density at radius 2 is 2.44 bits per heavy atom. The third kappa shape index (κ3) is 4.37. The number of hydrogen-bond donors (Lipinski definition) is 1. The second-order valence-corrected chi connectivity index (χ2v) is 2.12. The van der Waals surface area contributed by atoms with Gasteiger partial charge in [-0.15, -0.1) is 0 Å². The maximum absolute atomic E-state index is 10.5. The molecule has 4 heteroatoms. The van der Waals surface area contributed by atoms with Crippen LogP contribution in [0.2, 0.25) is 0 Å². The molecule has 1 N–H and O–H groups in total. The monoisotopic (exact) mass is 149 g/mol. The summed E-state index contributed by atoms with van der Waals surface area (Å²) in [5, 5.41) is 2.92. The van der Waals surface area contributed by atoms with Gasteiger partial charge < -0.3 is 9.84 Å². The predicted molar refractivity (Wildman–Crippen MR) is 38.9 cm³/mol. The zero-order chi connectivity index (χ0) is 7.28. The molecule has 54 valence electrons. The van der Waals surface area contributed by atoms with Crippen LogP contribution in [0.1, 0.15) is 13.3 Å². The van der Waals surface area contributed by atoms with Crippen molar-refractivity contribution in [3.63, 3.8) is 0 Å². The van der Waals surface area contributed by atoms with Gasteiger partial charge in [-0.2, -0.15) is 0 Å². The Hall–Kier alpha value is -0.140. The summed E-state index contributed by atoms with van der Waals surface area (Å²) in [6, 6.07) is 0.193. The van der Waals surface area contributed by atoms with Gasteiger partial charge in [-0.25, -0.2) is 0 Å². The molecule has 0 heterocycles. The Morgan fingerprint density at radius 1 is 1.89 bits per heavy atom. The third-order valence-electron chi connectivity index (χ3n) is 1.10. The highest BCUT2D eigenvalue weighted by molar-refractivity contribution is 7.10. The van der Waals surface area contributed by atoms with E-state index in [0.717, 1.165) is 0 Å². The molecular weight excluding hydrogens is 137 g/mol. The maximum atomic E-state index is 10.5. The second kappa shape index (κ2) is 4.71. The fourth-order valence-electron chi connectivity index (χ4n) is 0.400. The standard InChI is InChI=1S/C5H12NO2P/c1-4(6-2)3-5(7)8-9/h4,6H,3,9H2,1-2H3. The van der Waals surface area contributed by atoms with Gasteiger partial charge in [-0.1, -0.05) is 0 Å². The van der Waals surface area contributed by atoms with Crippen molar-refractivity contribution in [1.29, 1.82) is 0 Å². The van der Waals surface area contributed by atoms with E-state index in [9.17, 15) is 4.79 Å². The molecule has 0 aliphatic carbocycles. The molecule has 0 aliphatic rings. The SMILES string of the molecule is CNC(C)CC(=O)OP. The van der Waals surface area contributed by atoms with Crippen molar-refractivity contribution in [1.82, 2.24) is 5.32 Å². The van der Waals surface area contributed by atoms with Crippen LogP contribution in [-0.2, 0) is 9.32 Å². The highest BCUT2D eigenvalue weighted by atomic mass is 31.0. The van der Waals surface area contributed by atoms with Gasteiger partial charge in [0.2, 0.25) is 0 Å². The van der Waals surface area contributed by atoms with Crippen LogP contribution in [0.25, 0.3) is 0 Å². The Bertz CT molecular complexity index is 97.0. The molecule has 3 nitrogen and oxygen atoms in total. The Labute approximate surface area is 57.4 Å². The average molecular weight is 149 g/mol. The molecule has 0 saturated heterocycles. The van der Waals surface area contributed by atoms with Crippen molar-refractivity contribution in [3.05, 3.63) is 0 Å². The molecular formula is C5H12NO2P. The van der Waals surface area contributed by atoms with Crippen molar-refractivity contribution in [3.8, 4) is 0 Å². The minimum atomic E-state index is -0.207.